The van der Waals surface area contributed by atoms with Gasteiger partial charge in [-0.3, -0.25) is 14.4 Å². The van der Waals surface area contributed by atoms with Gasteiger partial charge in [0.15, 0.2) is 21.3 Å². The molecule has 3 heterocycles. The third-order valence-corrected chi connectivity index (χ3v) is 8.72. The molecule has 0 bridgehead atoms. The Labute approximate surface area is 230 Å². The first-order valence-electron chi connectivity index (χ1n) is 12.0. The highest BCUT2D eigenvalue weighted by atomic mass is 35.5. The van der Waals surface area contributed by atoms with Gasteiger partial charge in [-0.05, 0) is 38.4 Å². The standard InChI is InChI=1S/C23H31ClN8O3S2/c1-30(2)22(35)12-4-5-13(26-21(36)20(34)27-18-7-6-17(24)28-29-18)15(10-12)32-14-8-9-31(3)11-16(14)37-23(32)19(25)33/h6-7,12-13,15,23H,4-5,8-11H2,1-3H3,(H2,25,33)(H,26,36)(H,27,29,34)/t12-,13-,15+,23?/m0/s1. The second-order valence-corrected chi connectivity index (χ2v) is 11.7. The van der Waals surface area contributed by atoms with Gasteiger partial charge in [-0.2, -0.15) is 0 Å². The summed E-state index contributed by atoms with van der Waals surface area (Å²) in [4.78, 5) is 45.3. The summed E-state index contributed by atoms with van der Waals surface area (Å²) < 4.78 is 0. The van der Waals surface area contributed by atoms with Crippen molar-refractivity contribution in [3.05, 3.63) is 27.9 Å². The fourth-order valence-corrected chi connectivity index (χ4v) is 6.86. The molecule has 0 spiro atoms. The van der Waals surface area contributed by atoms with Crippen LogP contribution < -0.4 is 16.4 Å². The molecule has 1 fully saturated rings. The summed E-state index contributed by atoms with van der Waals surface area (Å²) in [7, 11) is 5.54. The molecule has 3 aliphatic rings. The number of amides is 3. The van der Waals surface area contributed by atoms with Crippen LogP contribution in [0.4, 0.5) is 5.82 Å². The second kappa shape index (κ2) is 11.5. The Hall–Kier alpha value is -2.48. The number of hydrogen-bond donors (Lipinski definition) is 3. The van der Waals surface area contributed by atoms with E-state index in [1.165, 1.54) is 23.9 Å². The third kappa shape index (κ3) is 6.16. The summed E-state index contributed by atoms with van der Waals surface area (Å²) in [5.74, 6) is -0.896. The van der Waals surface area contributed by atoms with Gasteiger partial charge in [-0.25, -0.2) is 0 Å². The maximum absolute atomic E-state index is 12.9. The minimum Gasteiger partial charge on any atom is -0.367 e. The molecule has 37 heavy (non-hydrogen) atoms. The number of primary amides is 1. The predicted molar refractivity (Wildman–Crippen MR) is 147 cm³/mol. The number of carbonyl (C=O) groups is 3. The van der Waals surface area contributed by atoms with Gasteiger partial charge in [0.1, 0.15) is 0 Å². The highest BCUT2D eigenvalue weighted by Crippen LogP contribution is 2.46. The molecular formula is C23H31ClN8O3S2. The smallest absolute Gasteiger partial charge is 0.284 e. The van der Waals surface area contributed by atoms with Gasteiger partial charge >= 0.3 is 0 Å². The fourth-order valence-electron chi connectivity index (χ4n) is 5.13. The molecule has 0 saturated heterocycles. The number of likely N-dealkylation sites (N-methyl/N-ethyl adjacent to an activating group) is 1. The average Bonchev–Trinajstić information content (AvgIpc) is 3.23. The lowest BCUT2D eigenvalue weighted by atomic mass is 9.80. The number of nitrogens with zero attached hydrogens (tertiary/aromatic N) is 5. The Morgan fingerprint density at radius 2 is 2.00 bits per heavy atom. The lowest BCUT2D eigenvalue weighted by Crippen LogP contribution is -2.59. The van der Waals surface area contributed by atoms with Crippen molar-refractivity contribution in [1.29, 1.82) is 0 Å². The molecule has 4 N–H and O–H groups in total. The third-order valence-electron chi connectivity index (χ3n) is 6.89. The van der Waals surface area contributed by atoms with E-state index < -0.39 is 17.2 Å². The number of nitrogens with one attached hydrogen (secondary N) is 2. The number of hydrogen-bond acceptors (Lipinski definition) is 9. The topological polar surface area (TPSA) is 137 Å². The Kier molecular flexibility index (Phi) is 8.56. The minimum absolute atomic E-state index is 0.0100. The molecule has 0 aromatic carbocycles. The summed E-state index contributed by atoms with van der Waals surface area (Å²) in [6, 6.07) is 2.52. The SMILES string of the molecule is CN1CCC2=C(C1)SC(C(N)=O)N2[C@@H]1C[C@@H](C(=O)N(C)C)CC[C@@H]1NC(=S)C(=O)Nc1ccc(Cl)nn1. The zero-order chi connectivity index (χ0) is 26.9. The summed E-state index contributed by atoms with van der Waals surface area (Å²) in [5, 5.41) is 13.0. The summed E-state index contributed by atoms with van der Waals surface area (Å²) in [6.45, 7) is 1.60. The molecule has 4 rings (SSSR count). The molecule has 200 valence electrons. The Bertz CT molecular complexity index is 1120. The van der Waals surface area contributed by atoms with Crippen molar-refractivity contribution < 1.29 is 14.4 Å². The second-order valence-electron chi connectivity index (χ2n) is 9.72. The minimum atomic E-state index is -0.578. The predicted octanol–water partition coefficient (Wildman–Crippen LogP) is 1.02. The van der Waals surface area contributed by atoms with E-state index in [1.54, 1.807) is 19.0 Å². The van der Waals surface area contributed by atoms with E-state index >= 15 is 0 Å². The summed E-state index contributed by atoms with van der Waals surface area (Å²) in [6.07, 6.45) is 2.52. The van der Waals surface area contributed by atoms with Crippen molar-refractivity contribution in [2.45, 2.75) is 43.1 Å². The first kappa shape index (κ1) is 27.6. The van der Waals surface area contributed by atoms with Gasteiger partial charge in [0.25, 0.3) is 11.8 Å². The molecule has 1 aromatic rings. The van der Waals surface area contributed by atoms with E-state index in [9.17, 15) is 14.4 Å². The lowest BCUT2D eigenvalue weighted by molar-refractivity contribution is -0.135. The number of halogens is 1. The fraction of sp³-hybridized carbons (Fsp3) is 0.565. The molecule has 14 heteroatoms. The number of anilines is 1. The number of rotatable bonds is 5. The van der Waals surface area contributed by atoms with E-state index in [0.717, 1.165) is 30.1 Å². The number of nitrogens with two attached hydrogens (primary N) is 1. The van der Waals surface area contributed by atoms with Crippen LogP contribution in [0.3, 0.4) is 0 Å². The van der Waals surface area contributed by atoms with Gasteiger partial charge in [-0.1, -0.05) is 35.6 Å². The van der Waals surface area contributed by atoms with Crippen LogP contribution in [0.2, 0.25) is 5.15 Å². The van der Waals surface area contributed by atoms with Crippen LogP contribution in [0.5, 0.6) is 0 Å². The van der Waals surface area contributed by atoms with Crippen molar-refractivity contribution in [1.82, 2.24) is 30.2 Å². The normalized spacial score (nSPS) is 25.9. The van der Waals surface area contributed by atoms with Crippen LogP contribution >= 0.6 is 35.6 Å². The molecule has 1 aliphatic carbocycles. The summed E-state index contributed by atoms with van der Waals surface area (Å²) in [5.41, 5.74) is 6.96. The van der Waals surface area contributed by atoms with Crippen molar-refractivity contribution in [2.24, 2.45) is 11.7 Å². The first-order chi connectivity index (χ1) is 17.5. The molecule has 2 aliphatic heterocycles. The van der Waals surface area contributed by atoms with Gasteiger partial charge in [0.2, 0.25) is 5.91 Å². The highest BCUT2D eigenvalue weighted by Gasteiger charge is 2.47. The average molecular weight is 567 g/mol. The molecule has 4 atom stereocenters. The quantitative estimate of drug-likeness (QED) is 0.443. The van der Waals surface area contributed by atoms with Crippen molar-refractivity contribution >= 4 is 64.1 Å². The van der Waals surface area contributed by atoms with E-state index in [4.69, 9.17) is 29.6 Å². The molecule has 0 radical (unpaired) electrons. The van der Waals surface area contributed by atoms with Crippen LogP contribution in [-0.2, 0) is 14.4 Å². The van der Waals surface area contributed by atoms with E-state index in [2.05, 4.69) is 30.6 Å². The van der Waals surface area contributed by atoms with Crippen molar-refractivity contribution in [3.63, 3.8) is 0 Å². The molecule has 3 amide bonds. The van der Waals surface area contributed by atoms with Gasteiger partial charge < -0.3 is 31.1 Å². The van der Waals surface area contributed by atoms with Crippen LogP contribution in [-0.4, -0.2) is 99.3 Å². The highest BCUT2D eigenvalue weighted by molar-refractivity contribution is 8.04. The number of thioether (sulfide) groups is 1. The van der Waals surface area contributed by atoms with Gasteiger partial charge in [0.05, 0.1) is 6.04 Å². The van der Waals surface area contributed by atoms with Crippen molar-refractivity contribution in [2.75, 3.05) is 39.5 Å². The van der Waals surface area contributed by atoms with Crippen LogP contribution in [0.15, 0.2) is 22.7 Å². The Morgan fingerprint density at radius 3 is 2.65 bits per heavy atom. The zero-order valence-electron chi connectivity index (χ0n) is 20.9. The van der Waals surface area contributed by atoms with Crippen LogP contribution in [0.25, 0.3) is 0 Å². The molecule has 1 unspecified atom stereocenters. The Balaban J connectivity index is 1.58. The van der Waals surface area contributed by atoms with E-state index in [-0.39, 0.29) is 39.9 Å². The van der Waals surface area contributed by atoms with Crippen molar-refractivity contribution in [3.8, 4) is 0 Å². The number of aromatic nitrogens is 2. The summed E-state index contributed by atoms with van der Waals surface area (Å²) >= 11 is 12.7. The monoisotopic (exact) mass is 566 g/mol. The Morgan fingerprint density at radius 1 is 1.24 bits per heavy atom. The molecule has 1 aromatic heterocycles. The first-order valence-corrected chi connectivity index (χ1v) is 13.7. The van der Waals surface area contributed by atoms with Gasteiger partial charge in [0, 0.05) is 56.2 Å². The molecule has 1 saturated carbocycles. The zero-order valence-corrected chi connectivity index (χ0v) is 23.3. The van der Waals surface area contributed by atoms with Gasteiger partial charge in [-0.15, -0.1) is 10.2 Å². The largest absolute Gasteiger partial charge is 0.367 e. The van der Waals surface area contributed by atoms with Crippen LogP contribution in [0.1, 0.15) is 25.7 Å². The lowest BCUT2D eigenvalue weighted by Gasteiger charge is -2.45. The number of thiocarbonyl (C=S) groups is 1. The molecule has 11 nitrogen and oxygen atoms in total. The number of carbonyl (C=O) groups excluding carboxylic acids is 3. The maximum atomic E-state index is 12.9. The van der Waals surface area contributed by atoms with Crippen LogP contribution in [0, 0.1) is 5.92 Å². The van der Waals surface area contributed by atoms with E-state index in [1.807, 2.05) is 7.05 Å². The van der Waals surface area contributed by atoms with E-state index in [0.29, 0.717) is 19.3 Å². The molecular weight excluding hydrogens is 536 g/mol. The maximum Gasteiger partial charge on any atom is 0.284 e.